The molecule has 178 valence electrons. The van der Waals surface area contributed by atoms with Gasteiger partial charge in [-0.1, -0.05) is 25.5 Å². The van der Waals surface area contributed by atoms with Gasteiger partial charge < -0.3 is 9.11 Å². The van der Waals surface area contributed by atoms with Gasteiger partial charge in [0.15, 0.2) is 0 Å². The molecule has 3 fully saturated rings. The third kappa shape index (κ3) is 6.14. The van der Waals surface area contributed by atoms with E-state index in [-0.39, 0.29) is 75.9 Å². The number of hydrogen-bond donors (Lipinski definition) is 0. The second-order valence-corrected chi connectivity index (χ2v) is 12.6. The SMILES string of the molecule is C[C@H](OS(=O)(=O)[O-])[C@H]1CC[C@H]2[C@@H]3CC=C4C[C@@H](OS(=O)(=O)[O-])CC[C@]4(C)[C@H]3CC[C@]12C.[Na+].[Na+]. The smallest absolute Gasteiger partial charge is 0.726 e. The molecule has 4 aliphatic rings. The predicted molar refractivity (Wildman–Crippen MR) is 110 cm³/mol. The van der Waals surface area contributed by atoms with Gasteiger partial charge in [0.1, 0.15) is 0 Å². The third-order valence-corrected chi connectivity index (χ3v) is 10.3. The maximum absolute atomic E-state index is 11.2. The van der Waals surface area contributed by atoms with Gasteiger partial charge in [-0.2, -0.15) is 0 Å². The van der Waals surface area contributed by atoms with Crippen molar-refractivity contribution < 1.29 is 93.4 Å². The van der Waals surface area contributed by atoms with Crippen LogP contribution in [0.2, 0.25) is 0 Å². The molecule has 0 amide bonds. The van der Waals surface area contributed by atoms with E-state index in [0.29, 0.717) is 30.6 Å². The second-order valence-electron chi connectivity index (χ2n) is 10.6. The molecule has 0 spiro atoms. The zero-order chi connectivity index (χ0) is 22.8. The Morgan fingerprint density at radius 3 is 2.24 bits per heavy atom. The number of hydrogen-bond acceptors (Lipinski definition) is 8. The summed E-state index contributed by atoms with van der Waals surface area (Å²) in [6.07, 6.45) is 7.56. The predicted octanol–water partition coefficient (Wildman–Crippen LogP) is -2.72. The quantitative estimate of drug-likeness (QED) is 0.165. The Hall–Kier alpha value is 1.48. The van der Waals surface area contributed by atoms with Gasteiger partial charge in [-0.3, -0.25) is 8.37 Å². The van der Waals surface area contributed by atoms with E-state index in [2.05, 4.69) is 19.9 Å². The van der Waals surface area contributed by atoms with E-state index in [1.807, 2.05) is 0 Å². The Labute approximate surface area is 242 Å². The maximum Gasteiger partial charge on any atom is 1.00 e. The van der Waals surface area contributed by atoms with Crippen LogP contribution in [0.25, 0.3) is 0 Å². The van der Waals surface area contributed by atoms with Crippen molar-refractivity contribution in [3.05, 3.63) is 11.6 Å². The van der Waals surface area contributed by atoms with Crippen LogP contribution in [0.4, 0.5) is 0 Å². The molecule has 0 unspecified atom stereocenters. The van der Waals surface area contributed by atoms with E-state index >= 15 is 0 Å². The zero-order valence-electron chi connectivity index (χ0n) is 20.3. The molecule has 4 aliphatic carbocycles. The minimum atomic E-state index is -4.73. The largest absolute Gasteiger partial charge is 1.00 e. The van der Waals surface area contributed by atoms with Crippen molar-refractivity contribution in [1.82, 2.24) is 0 Å². The van der Waals surface area contributed by atoms with E-state index in [9.17, 15) is 25.9 Å². The van der Waals surface area contributed by atoms with E-state index < -0.39 is 33.0 Å². The average Bonchev–Trinajstić information content (AvgIpc) is 2.97. The van der Waals surface area contributed by atoms with Crippen molar-refractivity contribution in [3.8, 4) is 0 Å². The van der Waals surface area contributed by atoms with E-state index in [1.165, 1.54) is 5.57 Å². The molecule has 8 atom stereocenters. The molecule has 4 rings (SSSR count). The van der Waals surface area contributed by atoms with Crippen LogP contribution in [0.3, 0.4) is 0 Å². The van der Waals surface area contributed by atoms with Crippen molar-refractivity contribution in [2.24, 2.45) is 34.5 Å². The van der Waals surface area contributed by atoms with Gasteiger partial charge >= 0.3 is 59.1 Å². The van der Waals surface area contributed by atoms with E-state index in [0.717, 1.165) is 38.5 Å². The molecule has 0 aromatic heterocycles. The Bertz CT molecular complexity index is 969. The first-order chi connectivity index (χ1) is 14.2. The van der Waals surface area contributed by atoms with Crippen LogP contribution < -0.4 is 59.1 Å². The summed E-state index contributed by atoms with van der Waals surface area (Å²) in [5, 5.41) is 0. The fraction of sp³-hybridized carbons (Fsp3) is 0.905. The molecule has 0 heterocycles. The molecule has 12 heteroatoms. The molecule has 8 nitrogen and oxygen atoms in total. The van der Waals surface area contributed by atoms with Gasteiger partial charge in [0.05, 0.1) is 12.2 Å². The van der Waals surface area contributed by atoms with Gasteiger partial charge in [-0.25, -0.2) is 16.8 Å². The first-order valence-corrected chi connectivity index (χ1v) is 13.9. The van der Waals surface area contributed by atoms with Crippen LogP contribution in [0, 0.1) is 34.5 Å². The second kappa shape index (κ2) is 10.7. The molecule has 0 saturated heterocycles. The molecule has 0 bridgehead atoms. The number of fused-ring (bicyclic) bond motifs is 5. The summed E-state index contributed by atoms with van der Waals surface area (Å²) in [6.45, 7) is 6.20. The summed E-state index contributed by atoms with van der Waals surface area (Å²) in [5.41, 5.74) is 1.11. The standard InChI is InChI=1S/C21H34O8S2.2Na/c1-13(28-30(22,23)24)17-6-7-18-16-5-4-14-12-15(29-31(25,26)27)8-10-20(14,2)19(16)9-11-21(17,18)3;;/h4,13,15-19H,5-12H2,1-3H3,(H,22,23,24)(H,25,26,27);;/q;2*+1/p-2/t13-,15-,16-,17+,18-,19-,20-,21+;;/m0../s1. The van der Waals surface area contributed by atoms with Crippen LogP contribution in [0.1, 0.15) is 72.1 Å². The van der Waals surface area contributed by atoms with E-state index in [1.54, 1.807) is 6.92 Å². The Morgan fingerprint density at radius 1 is 0.970 bits per heavy atom. The van der Waals surface area contributed by atoms with Gasteiger partial charge in [-0.05, 0) is 92.8 Å². The first kappa shape index (κ1) is 30.7. The van der Waals surface area contributed by atoms with Crippen molar-refractivity contribution in [1.29, 1.82) is 0 Å². The molecular weight excluding hydrogens is 490 g/mol. The minimum Gasteiger partial charge on any atom is -0.726 e. The fourth-order valence-electron chi connectivity index (χ4n) is 7.94. The zero-order valence-corrected chi connectivity index (χ0v) is 25.9. The van der Waals surface area contributed by atoms with Crippen molar-refractivity contribution in [3.63, 3.8) is 0 Å². The molecule has 3 saturated carbocycles. The summed E-state index contributed by atoms with van der Waals surface area (Å²) in [6, 6.07) is 0. The molecule has 0 aliphatic heterocycles. The van der Waals surface area contributed by atoms with Crippen LogP contribution in [0.15, 0.2) is 11.6 Å². The van der Waals surface area contributed by atoms with Gasteiger partial charge in [-0.15, -0.1) is 0 Å². The van der Waals surface area contributed by atoms with Gasteiger partial charge in [0.25, 0.3) is 0 Å². The summed E-state index contributed by atoms with van der Waals surface area (Å²) in [4.78, 5) is 0. The summed E-state index contributed by atoms with van der Waals surface area (Å²) >= 11 is 0. The first-order valence-electron chi connectivity index (χ1n) is 11.2. The Kier molecular flexibility index (Phi) is 9.95. The molecule has 0 radical (unpaired) electrons. The van der Waals surface area contributed by atoms with Gasteiger partial charge in [0, 0.05) is 0 Å². The maximum atomic E-state index is 11.2. The van der Waals surface area contributed by atoms with Crippen LogP contribution in [0.5, 0.6) is 0 Å². The van der Waals surface area contributed by atoms with Gasteiger partial charge in [0.2, 0.25) is 20.8 Å². The topological polar surface area (TPSA) is 133 Å². The van der Waals surface area contributed by atoms with Crippen LogP contribution in [-0.4, -0.2) is 38.1 Å². The van der Waals surface area contributed by atoms with Crippen molar-refractivity contribution in [2.75, 3.05) is 0 Å². The number of allylic oxidation sites excluding steroid dienone is 1. The molecule has 0 aromatic carbocycles. The Morgan fingerprint density at radius 2 is 1.64 bits per heavy atom. The molecule has 33 heavy (non-hydrogen) atoms. The fourth-order valence-corrected chi connectivity index (χ4v) is 8.94. The summed E-state index contributed by atoms with van der Waals surface area (Å²) in [5.74, 6) is 1.40. The molecular formula is C21H32Na2O8S2. The van der Waals surface area contributed by atoms with Crippen molar-refractivity contribution >= 4 is 20.8 Å². The third-order valence-electron chi connectivity index (χ3n) is 9.22. The van der Waals surface area contributed by atoms with Crippen molar-refractivity contribution in [2.45, 2.75) is 84.3 Å². The Balaban J connectivity index is 0.00000193. The summed E-state index contributed by atoms with van der Waals surface area (Å²) < 4.78 is 76.2. The average molecular weight is 523 g/mol. The van der Waals surface area contributed by atoms with Crippen LogP contribution >= 0.6 is 0 Å². The molecule has 0 aromatic rings. The minimum absolute atomic E-state index is 0. The normalized spacial score (nSPS) is 41.4. The molecule has 0 N–H and O–H groups in total. The monoisotopic (exact) mass is 522 g/mol. The number of rotatable bonds is 5. The summed E-state index contributed by atoms with van der Waals surface area (Å²) in [7, 11) is -9.44. The van der Waals surface area contributed by atoms with E-state index in [4.69, 9.17) is 8.37 Å². The van der Waals surface area contributed by atoms with Crippen LogP contribution in [-0.2, 0) is 29.2 Å².